The van der Waals surface area contributed by atoms with Crippen molar-refractivity contribution in [3.05, 3.63) is 34.6 Å². The maximum absolute atomic E-state index is 13.1. The largest absolute Gasteiger partial charge is 0.471 e. The van der Waals surface area contributed by atoms with Crippen LogP contribution in [0.4, 0.5) is 33.6 Å². The number of aromatic nitrogens is 4. The van der Waals surface area contributed by atoms with Gasteiger partial charge in [0, 0.05) is 19.3 Å². The van der Waals surface area contributed by atoms with Crippen molar-refractivity contribution >= 4 is 40.3 Å². The van der Waals surface area contributed by atoms with Gasteiger partial charge in [-0.15, -0.1) is 0 Å². The van der Waals surface area contributed by atoms with E-state index in [0.717, 1.165) is 5.56 Å². The third-order valence-corrected chi connectivity index (χ3v) is 6.56. The van der Waals surface area contributed by atoms with Crippen LogP contribution < -0.4 is 15.4 Å². The van der Waals surface area contributed by atoms with E-state index in [9.17, 15) is 26.7 Å². The molecule has 0 aromatic carbocycles. The number of nitrogens with zero attached hydrogens (tertiary/aromatic N) is 4. The van der Waals surface area contributed by atoms with Crippen LogP contribution in [0.15, 0.2) is 18.3 Å². The molecule has 37 heavy (non-hydrogen) atoms. The summed E-state index contributed by atoms with van der Waals surface area (Å²) in [7, 11) is 1.63. The summed E-state index contributed by atoms with van der Waals surface area (Å²) in [5.74, 6) is -2.14. The summed E-state index contributed by atoms with van der Waals surface area (Å²) in [4.78, 5) is 25.8. The molecule has 0 saturated heterocycles. The molecule has 1 aliphatic carbocycles. The number of rotatable bonds is 7. The molecule has 2 N–H and O–H groups in total. The van der Waals surface area contributed by atoms with Gasteiger partial charge in [0.2, 0.25) is 11.8 Å². The molecule has 14 heteroatoms. The highest BCUT2D eigenvalue weighted by molar-refractivity contribution is 6.32. The lowest BCUT2D eigenvalue weighted by atomic mass is 9.85. The van der Waals surface area contributed by atoms with Gasteiger partial charge in [-0.3, -0.25) is 9.36 Å². The Kier molecular flexibility index (Phi) is 7.72. The monoisotopic (exact) mass is 546 g/mol. The number of ether oxygens (including phenoxy) is 1. The minimum atomic E-state index is -4.27. The fourth-order valence-corrected chi connectivity index (χ4v) is 4.49. The molecule has 0 radical (unpaired) electrons. The molecule has 3 aromatic heterocycles. The van der Waals surface area contributed by atoms with Gasteiger partial charge in [-0.2, -0.15) is 18.2 Å². The van der Waals surface area contributed by atoms with Crippen LogP contribution in [0.1, 0.15) is 41.6 Å². The van der Waals surface area contributed by atoms with Crippen LogP contribution in [0.2, 0.25) is 5.15 Å². The van der Waals surface area contributed by atoms with Gasteiger partial charge in [-0.25, -0.2) is 18.7 Å². The lowest BCUT2D eigenvalue weighted by Gasteiger charge is -2.30. The molecular weight excluding hydrogens is 523 g/mol. The molecule has 4 rings (SSSR count). The van der Waals surface area contributed by atoms with Crippen LogP contribution in [-0.4, -0.2) is 50.7 Å². The Morgan fingerprint density at radius 2 is 1.95 bits per heavy atom. The summed E-state index contributed by atoms with van der Waals surface area (Å²) in [6, 6.07) is 2.60. The van der Waals surface area contributed by atoms with Crippen molar-refractivity contribution in [2.45, 2.75) is 51.3 Å². The highest BCUT2D eigenvalue weighted by Crippen LogP contribution is 2.37. The van der Waals surface area contributed by atoms with Gasteiger partial charge in [0.15, 0.2) is 17.4 Å². The Bertz CT molecular complexity index is 1270. The molecule has 1 saturated carbocycles. The first-order chi connectivity index (χ1) is 17.4. The number of aryl methyl sites for hydroxylation is 2. The number of pyridine rings is 2. The van der Waals surface area contributed by atoms with E-state index in [-0.39, 0.29) is 53.4 Å². The minimum Gasteiger partial charge on any atom is -0.471 e. The van der Waals surface area contributed by atoms with Crippen LogP contribution in [0, 0.1) is 12.8 Å². The number of alkyl halides is 5. The van der Waals surface area contributed by atoms with Crippen LogP contribution in [0.25, 0.3) is 11.2 Å². The van der Waals surface area contributed by atoms with Gasteiger partial charge < -0.3 is 15.4 Å². The third-order valence-electron chi connectivity index (χ3n) is 6.28. The molecule has 200 valence electrons. The zero-order valence-electron chi connectivity index (χ0n) is 19.9. The first-order valence-electron chi connectivity index (χ1n) is 11.5. The molecule has 1 amide bonds. The van der Waals surface area contributed by atoms with E-state index in [4.69, 9.17) is 16.3 Å². The number of hydrogen-bond acceptors (Lipinski definition) is 6. The molecule has 0 atom stereocenters. The van der Waals surface area contributed by atoms with Crippen molar-refractivity contribution in [1.82, 2.24) is 24.8 Å². The molecule has 0 unspecified atom stereocenters. The third kappa shape index (κ3) is 6.03. The smallest absolute Gasteiger partial charge is 0.391 e. The van der Waals surface area contributed by atoms with Crippen molar-refractivity contribution in [3.63, 3.8) is 0 Å². The number of nitrogens with one attached hydrogen (secondary N) is 2. The number of carbonyl (C=O) groups is 1. The number of anilines is 2. The normalized spacial score (nSPS) is 18.3. The standard InChI is InChI=1S/C23H24ClF5N6O2/c1-11-7-8-30-18(24)17(11)33-22-32-15-9-14(21(37-10-16(25)26)34-19(15)35(22)2)20(36)31-13-5-3-12(4-6-13)23(27,28)29/h7-9,12-13,16H,3-6,10H2,1-2H3,(H,31,36)(H,32,33)/t12-,13-. The lowest BCUT2D eigenvalue weighted by molar-refractivity contribution is -0.182. The molecule has 1 aliphatic rings. The van der Waals surface area contributed by atoms with Gasteiger partial charge in [0.25, 0.3) is 12.3 Å². The average Bonchev–Trinajstić information content (AvgIpc) is 3.13. The fourth-order valence-electron chi connectivity index (χ4n) is 4.24. The topological polar surface area (TPSA) is 94.0 Å². The number of halogens is 6. The summed E-state index contributed by atoms with van der Waals surface area (Å²) in [5, 5.41) is 5.96. The highest BCUT2D eigenvalue weighted by Gasteiger charge is 2.41. The number of amides is 1. The predicted octanol–water partition coefficient (Wildman–Crippen LogP) is 5.56. The molecule has 3 heterocycles. The second kappa shape index (κ2) is 10.6. The van der Waals surface area contributed by atoms with E-state index >= 15 is 0 Å². The number of hydrogen-bond donors (Lipinski definition) is 2. The van der Waals surface area contributed by atoms with Crippen molar-refractivity contribution in [1.29, 1.82) is 0 Å². The van der Waals surface area contributed by atoms with E-state index in [2.05, 4.69) is 25.6 Å². The zero-order valence-corrected chi connectivity index (χ0v) is 20.6. The molecule has 8 nitrogen and oxygen atoms in total. The molecular formula is C23H24ClF5N6O2. The second-order valence-electron chi connectivity index (χ2n) is 8.86. The molecule has 0 aliphatic heterocycles. The molecule has 3 aromatic rings. The Balaban J connectivity index is 1.62. The van der Waals surface area contributed by atoms with Gasteiger partial charge in [0.05, 0.1) is 11.6 Å². The van der Waals surface area contributed by atoms with Crippen LogP contribution in [0.3, 0.4) is 0 Å². The second-order valence-corrected chi connectivity index (χ2v) is 9.22. The maximum Gasteiger partial charge on any atom is 0.391 e. The minimum absolute atomic E-state index is 0.105. The predicted molar refractivity (Wildman–Crippen MR) is 127 cm³/mol. The number of fused-ring (bicyclic) bond motifs is 1. The van der Waals surface area contributed by atoms with Crippen LogP contribution in [-0.2, 0) is 7.05 Å². The van der Waals surface area contributed by atoms with E-state index in [0.29, 0.717) is 11.6 Å². The summed E-state index contributed by atoms with van der Waals surface area (Å²) >= 11 is 6.19. The maximum atomic E-state index is 13.1. The Morgan fingerprint density at radius 3 is 2.57 bits per heavy atom. The van der Waals surface area contributed by atoms with Crippen LogP contribution in [0.5, 0.6) is 5.88 Å². The van der Waals surface area contributed by atoms with Gasteiger partial charge >= 0.3 is 6.18 Å². The molecule has 0 bridgehead atoms. The fraction of sp³-hybridized carbons (Fsp3) is 0.478. The lowest BCUT2D eigenvalue weighted by Crippen LogP contribution is -2.40. The Labute approximate surface area is 213 Å². The molecule has 1 fully saturated rings. The van der Waals surface area contributed by atoms with E-state index < -0.39 is 37.1 Å². The van der Waals surface area contributed by atoms with Gasteiger partial charge in [0.1, 0.15) is 11.1 Å². The van der Waals surface area contributed by atoms with Crippen LogP contribution >= 0.6 is 11.6 Å². The first kappa shape index (κ1) is 26.8. The Morgan fingerprint density at radius 1 is 1.24 bits per heavy atom. The quantitative estimate of drug-likeness (QED) is 0.297. The zero-order chi connectivity index (χ0) is 26.9. The SMILES string of the molecule is Cc1ccnc(Cl)c1Nc1nc2cc(C(=O)N[C@H]3CC[C@H](C(F)(F)F)CC3)c(OCC(F)F)nc2n1C. The highest BCUT2D eigenvalue weighted by atomic mass is 35.5. The van der Waals surface area contributed by atoms with E-state index in [1.54, 1.807) is 19.3 Å². The van der Waals surface area contributed by atoms with Gasteiger partial charge in [-0.1, -0.05) is 11.6 Å². The van der Waals surface area contributed by atoms with E-state index in [1.807, 2.05) is 6.92 Å². The van der Waals surface area contributed by atoms with Gasteiger partial charge in [-0.05, 0) is 50.3 Å². The summed E-state index contributed by atoms with van der Waals surface area (Å²) in [5.41, 5.74) is 1.65. The van der Waals surface area contributed by atoms with Crippen molar-refractivity contribution in [3.8, 4) is 5.88 Å². The Hall–Kier alpha value is -3.22. The molecule has 0 spiro atoms. The van der Waals surface area contributed by atoms with E-state index in [1.165, 1.54) is 10.6 Å². The van der Waals surface area contributed by atoms with Crippen molar-refractivity contribution in [2.24, 2.45) is 13.0 Å². The summed E-state index contributed by atoms with van der Waals surface area (Å²) < 4.78 is 71.3. The van der Waals surface area contributed by atoms with Crippen molar-refractivity contribution in [2.75, 3.05) is 11.9 Å². The van der Waals surface area contributed by atoms with Crippen molar-refractivity contribution < 1.29 is 31.5 Å². The number of carbonyl (C=O) groups excluding carboxylic acids is 1. The summed E-state index contributed by atoms with van der Waals surface area (Å²) in [6.07, 6.45) is -5.47. The first-order valence-corrected chi connectivity index (χ1v) is 11.9. The number of imidazole rings is 1. The summed E-state index contributed by atoms with van der Waals surface area (Å²) in [6.45, 7) is 0.820. The average molecular weight is 547 g/mol.